The molecule has 0 spiro atoms. The first-order valence-corrected chi connectivity index (χ1v) is 10.6. The Bertz CT molecular complexity index is 1300. The Balaban J connectivity index is 1.59. The number of methoxy groups -OCH3 is 1. The summed E-state index contributed by atoms with van der Waals surface area (Å²) in [5.41, 5.74) is 0.748. The van der Waals surface area contributed by atoms with E-state index in [1.54, 1.807) is 36.4 Å². The standard InChI is InChI=1S/C21H13Cl2N3O5S/c1-30-18-6-2-11(22)8-16(18)24-21-25-20(27)19(32-21)10-13-4-7-17(31-13)14-9-12(26(28)29)3-5-15(14)23/h2-10H,1H3,(H,24,25,27)/b19-10-. The number of non-ortho nitro benzene ring substituents is 1. The Morgan fingerprint density at radius 1 is 1.19 bits per heavy atom. The van der Waals surface area contributed by atoms with Crippen LogP contribution < -0.4 is 10.1 Å². The van der Waals surface area contributed by atoms with Gasteiger partial charge in [-0.1, -0.05) is 23.2 Å². The highest BCUT2D eigenvalue weighted by molar-refractivity contribution is 8.18. The fraction of sp³-hybridized carbons (Fsp3) is 0.0476. The van der Waals surface area contributed by atoms with Crippen LogP contribution in [0.2, 0.25) is 10.0 Å². The molecule has 4 rings (SSSR count). The van der Waals surface area contributed by atoms with Gasteiger partial charge in [-0.3, -0.25) is 14.9 Å². The summed E-state index contributed by atoms with van der Waals surface area (Å²) < 4.78 is 11.0. The van der Waals surface area contributed by atoms with Crippen LogP contribution in [0.4, 0.5) is 11.4 Å². The molecule has 0 unspecified atom stereocenters. The molecule has 1 fully saturated rings. The SMILES string of the molecule is COc1ccc(Cl)cc1N=C1NC(=O)/C(=C/c2ccc(-c3cc([N+](=O)[O-])ccc3Cl)o2)S1. The van der Waals surface area contributed by atoms with Crippen LogP contribution in [0.1, 0.15) is 5.76 Å². The number of rotatable bonds is 5. The molecule has 1 N–H and O–H groups in total. The molecule has 11 heteroatoms. The van der Waals surface area contributed by atoms with Crippen LogP contribution >= 0.6 is 35.0 Å². The van der Waals surface area contributed by atoms with Crippen LogP contribution in [-0.2, 0) is 4.79 Å². The first-order valence-electron chi connectivity index (χ1n) is 9.01. The Morgan fingerprint density at radius 2 is 2.00 bits per heavy atom. The van der Waals surface area contributed by atoms with Crippen molar-refractivity contribution in [3.8, 4) is 17.1 Å². The quantitative estimate of drug-likeness (QED) is 0.265. The van der Waals surface area contributed by atoms with Crippen molar-refractivity contribution >= 4 is 63.5 Å². The molecular formula is C21H13Cl2N3O5S. The van der Waals surface area contributed by atoms with E-state index in [1.807, 2.05) is 0 Å². The lowest BCUT2D eigenvalue weighted by Gasteiger charge is -2.04. The molecule has 0 aliphatic carbocycles. The van der Waals surface area contributed by atoms with Crippen molar-refractivity contribution in [1.29, 1.82) is 0 Å². The highest BCUT2D eigenvalue weighted by Crippen LogP contribution is 2.36. The minimum Gasteiger partial charge on any atom is -0.494 e. The van der Waals surface area contributed by atoms with Crippen molar-refractivity contribution in [3.05, 3.63) is 79.4 Å². The fourth-order valence-corrected chi connectivity index (χ4v) is 4.05. The summed E-state index contributed by atoms with van der Waals surface area (Å²) in [4.78, 5) is 27.7. The van der Waals surface area contributed by atoms with Gasteiger partial charge in [0.2, 0.25) is 0 Å². The third-order valence-corrected chi connectivity index (χ3v) is 5.81. The first-order chi connectivity index (χ1) is 15.3. The molecule has 1 aromatic heterocycles. The van der Waals surface area contributed by atoms with E-state index in [9.17, 15) is 14.9 Å². The van der Waals surface area contributed by atoms with E-state index in [2.05, 4.69) is 10.3 Å². The molecule has 0 radical (unpaired) electrons. The van der Waals surface area contributed by atoms with Crippen LogP contribution in [0.3, 0.4) is 0 Å². The van der Waals surface area contributed by atoms with Gasteiger partial charge in [-0.05, 0) is 48.2 Å². The van der Waals surface area contributed by atoms with Crippen molar-refractivity contribution in [2.45, 2.75) is 0 Å². The molecular weight excluding hydrogens is 477 g/mol. The number of carbonyl (C=O) groups is 1. The normalized spacial score (nSPS) is 15.9. The van der Waals surface area contributed by atoms with E-state index in [4.69, 9.17) is 32.4 Å². The minimum absolute atomic E-state index is 0.108. The molecule has 32 heavy (non-hydrogen) atoms. The number of ether oxygens (including phenoxy) is 1. The molecule has 1 aliphatic heterocycles. The molecule has 2 aromatic carbocycles. The number of carbonyl (C=O) groups excluding carboxylic acids is 1. The van der Waals surface area contributed by atoms with Crippen LogP contribution in [0, 0.1) is 10.1 Å². The van der Waals surface area contributed by atoms with E-state index in [0.29, 0.717) is 48.6 Å². The van der Waals surface area contributed by atoms with Gasteiger partial charge in [0.05, 0.1) is 22.0 Å². The fourth-order valence-electron chi connectivity index (χ4n) is 2.86. The zero-order valence-corrected chi connectivity index (χ0v) is 18.6. The largest absolute Gasteiger partial charge is 0.494 e. The van der Waals surface area contributed by atoms with Gasteiger partial charge < -0.3 is 14.5 Å². The van der Waals surface area contributed by atoms with E-state index < -0.39 is 4.92 Å². The lowest BCUT2D eigenvalue weighted by Crippen LogP contribution is -2.19. The first kappa shape index (κ1) is 21.9. The van der Waals surface area contributed by atoms with Gasteiger partial charge in [0, 0.05) is 28.8 Å². The zero-order chi connectivity index (χ0) is 22.8. The predicted molar refractivity (Wildman–Crippen MR) is 125 cm³/mol. The Kier molecular flexibility index (Phi) is 6.22. The van der Waals surface area contributed by atoms with Crippen LogP contribution in [0.25, 0.3) is 17.4 Å². The molecule has 0 bridgehead atoms. The van der Waals surface area contributed by atoms with E-state index in [1.165, 1.54) is 25.3 Å². The van der Waals surface area contributed by atoms with Crippen molar-refractivity contribution in [2.24, 2.45) is 4.99 Å². The number of benzene rings is 2. The molecule has 1 aliphatic rings. The Morgan fingerprint density at radius 3 is 2.75 bits per heavy atom. The van der Waals surface area contributed by atoms with Crippen LogP contribution in [-0.4, -0.2) is 23.1 Å². The summed E-state index contributed by atoms with van der Waals surface area (Å²) in [6.45, 7) is 0. The predicted octanol–water partition coefficient (Wildman–Crippen LogP) is 6.06. The second-order valence-electron chi connectivity index (χ2n) is 6.42. The second-order valence-corrected chi connectivity index (χ2v) is 8.30. The highest BCUT2D eigenvalue weighted by atomic mass is 35.5. The van der Waals surface area contributed by atoms with Gasteiger partial charge in [0.25, 0.3) is 11.6 Å². The van der Waals surface area contributed by atoms with E-state index in [-0.39, 0.29) is 11.6 Å². The average Bonchev–Trinajstić information content (AvgIpc) is 3.35. The smallest absolute Gasteiger partial charge is 0.270 e. The number of furan rings is 1. The topological polar surface area (TPSA) is 107 Å². The third-order valence-electron chi connectivity index (χ3n) is 4.34. The number of nitro benzene ring substituents is 1. The lowest BCUT2D eigenvalue weighted by molar-refractivity contribution is -0.384. The summed E-state index contributed by atoms with van der Waals surface area (Å²) >= 11 is 13.3. The average molecular weight is 490 g/mol. The maximum atomic E-state index is 12.4. The van der Waals surface area contributed by atoms with E-state index >= 15 is 0 Å². The molecule has 0 atom stereocenters. The summed E-state index contributed by atoms with van der Waals surface area (Å²) in [5, 5.41) is 14.9. The number of nitro groups is 1. The lowest BCUT2D eigenvalue weighted by atomic mass is 10.1. The second kappa shape index (κ2) is 9.07. The van der Waals surface area contributed by atoms with Crippen LogP contribution in [0.5, 0.6) is 5.75 Å². The van der Waals surface area contributed by atoms with Gasteiger partial charge in [-0.15, -0.1) is 0 Å². The summed E-state index contributed by atoms with van der Waals surface area (Å²) in [7, 11) is 1.51. The van der Waals surface area contributed by atoms with Crippen molar-refractivity contribution in [3.63, 3.8) is 0 Å². The highest BCUT2D eigenvalue weighted by Gasteiger charge is 2.25. The summed E-state index contributed by atoms with van der Waals surface area (Å²) in [6, 6.07) is 12.3. The van der Waals surface area contributed by atoms with Crippen LogP contribution in [0.15, 0.2) is 62.8 Å². The van der Waals surface area contributed by atoms with Gasteiger partial charge >= 0.3 is 0 Å². The number of nitrogens with one attached hydrogen (secondary N) is 1. The maximum absolute atomic E-state index is 12.4. The monoisotopic (exact) mass is 489 g/mol. The number of halogens is 2. The molecule has 1 amide bonds. The number of amides is 1. The number of thioether (sulfide) groups is 1. The molecule has 8 nitrogen and oxygen atoms in total. The van der Waals surface area contributed by atoms with Gasteiger partial charge in [-0.2, -0.15) is 0 Å². The number of hydrogen-bond donors (Lipinski definition) is 1. The summed E-state index contributed by atoms with van der Waals surface area (Å²) in [6.07, 6.45) is 1.55. The minimum atomic E-state index is -0.513. The maximum Gasteiger partial charge on any atom is 0.270 e. The van der Waals surface area contributed by atoms with Crippen molar-refractivity contribution in [1.82, 2.24) is 5.32 Å². The Labute approximate surface area is 196 Å². The Hall–Kier alpha value is -3.27. The number of aliphatic imine (C=N–C) groups is 1. The molecule has 3 aromatic rings. The molecule has 162 valence electrons. The van der Waals surface area contributed by atoms with Gasteiger partial charge in [0.15, 0.2) is 5.17 Å². The van der Waals surface area contributed by atoms with E-state index in [0.717, 1.165) is 11.8 Å². The molecule has 2 heterocycles. The van der Waals surface area contributed by atoms with Gasteiger partial charge in [0.1, 0.15) is 23.0 Å². The molecule has 0 saturated carbocycles. The zero-order valence-electron chi connectivity index (χ0n) is 16.3. The van der Waals surface area contributed by atoms with Crippen molar-refractivity contribution < 1.29 is 18.9 Å². The molecule has 1 saturated heterocycles. The number of hydrogen-bond acceptors (Lipinski definition) is 7. The van der Waals surface area contributed by atoms with Crippen molar-refractivity contribution in [2.75, 3.05) is 7.11 Å². The third kappa shape index (κ3) is 4.64. The number of nitrogens with zero attached hydrogens (tertiary/aromatic N) is 2. The summed E-state index contributed by atoms with van der Waals surface area (Å²) in [5.74, 6) is 0.882. The number of amidine groups is 1. The van der Waals surface area contributed by atoms with Gasteiger partial charge in [-0.25, -0.2) is 4.99 Å².